The van der Waals surface area contributed by atoms with Gasteiger partial charge in [0.05, 0.1) is 11.5 Å². The third-order valence-electron chi connectivity index (χ3n) is 2.59. The fourth-order valence-electron chi connectivity index (χ4n) is 1.73. The van der Waals surface area contributed by atoms with Crippen LogP contribution in [0, 0.1) is 17.0 Å². The largest absolute Gasteiger partial charge is 0.359 e. The SMILES string of the molecule is CCNc1nc(C)c([N+](=O)[O-])c(NCc2csc(=O)[nH]2)n1. The van der Waals surface area contributed by atoms with Gasteiger partial charge in [0.2, 0.25) is 11.8 Å². The highest BCUT2D eigenvalue weighted by Crippen LogP contribution is 2.26. The Morgan fingerprint density at radius 3 is 2.76 bits per heavy atom. The van der Waals surface area contributed by atoms with Crippen LogP contribution in [-0.4, -0.2) is 26.4 Å². The van der Waals surface area contributed by atoms with Crippen LogP contribution in [-0.2, 0) is 6.54 Å². The Bertz CT molecular complexity index is 710. The van der Waals surface area contributed by atoms with Gasteiger partial charge in [0, 0.05) is 17.6 Å². The zero-order valence-corrected chi connectivity index (χ0v) is 12.3. The minimum atomic E-state index is -0.524. The van der Waals surface area contributed by atoms with Crippen LogP contribution < -0.4 is 15.5 Å². The van der Waals surface area contributed by atoms with Gasteiger partial charge in [0.25, 0.3) is 0 Å². The molecule has 0 saturated heterocycles. The number of aromatic nitrogens is 3. The average molecular weight is 310 g/mol. The van der Waals surface area contributed by atoms with E-state index in [0.717, 1.165) is 11.3 Å². The number of nitrogens with zero attached hydrogens (tertiary/aromatic N) is 3. The number of thiazole rings is 1. The summed E-state index contributed by atoms with van der Waals surface area (Å²) >= 11 is 1.03. The summed E-state index contributed by atoms with van der Waals surface area (Å²) in [6.45, 7) is 4.28. The molecule has 2 heterocycles. The lowest BCUT2D eigenvalue weighted by molar-refractivity contribution is -0.385. The van der Waals surface area contributed by atoms with Crippen molar-refractivity contribution in [1.29, 1.82) is 0 Å². The highest BCUT2D eigenvalue weighted by molar-refractivity contribution is 7.07. The fraction of sp³-hybridized carbons (Fsp3) is 0.364. The normalized spacial score (nSPS) is 10.4. The summed E-state index contributed by atoms with van der Waals surface area (Å²) in [6.07, 6.45) is 0. The van der Waals surface area contributed by atoms with E-state index in [1.807, 2.05) is 6.92 Å². The molecule has 0 aliphatic carbocycles. The molecule has 3 N–H and O–H groups in total. The lowest BCUT2D eigenvalue weighted by Gasteiger charge is -2.09. The zero-order chi connectivity index (χ0) is 15.4. The van der Waals surface area contributed by atoms with E-state index < -0.39 is 4.92 Å². The van der Waals surface area contributed by atoms with Crippen LogP contribution in [0.1, 0.15) is 18.3 Å². The van der Waals surface area contributed by atoms with Crippen LogP contribution in [0.2, 0.25) is 0 Å². The smallest absolute Gasteiger partial charge is 0.332 e. The molecule has 0 bridgehead atoms. The molecule has 9 nitrogen and oxygen atoms in total. The zero-order valence-electron chi connectivity index (χ0n) is 11.5. The number of nitrogens with one attached hydrogen (secondary N) is 3. The van der Waals surface area contributed by atoms with Crippen LogP contribution in [0.15, 0.2) is 10.2 Å². The molecule has 0 atom stereocenters. The first-order valence-corrected chi connectivity index (χ1v) is 7.06. The standard InChI is InChI=1S/C11H14N6O3S/c1-3-12-10-14-6(2)8(17(19)20)9(16-10)13-4-7-5-21-11(18)15-7/h5H,3-4H2,1-2H3,(H,15,18)(H2,12,13,14,16). The van der Waals surface area contributed by atoms with Gasteiger partial charge in [-0.3, -0.25) is 14.9 Å². The van der Waals surface area contributed by atoms with E-state index in [0.29, 0.717) is 18.2 Å². The highest BCUT2D eigenvalue weighted by atomic mass is 32.1. The Hall–Kier alpha value is -2.49. The summed E-state index contributed by atoms with van der Waals surface area (Å²) in [5.41, 5.74) is 0.738. The first-order valence-electron chi connectivity index (χ1n) is 6.18. The van der Waals surface area contributed by atoms with E-state index in [2.05, 4.69) is 25.6 Å². The number of rotatable bonds is 6. The van der Waals surface area contributed by atoms with E-state index >= 15 is 0 Å². The second-order valence-electron chi connectivity index (χ2n) is 4.14. The van der Waals surface area contributed by atoms with Gasteiger partial charge in [-0.25, -0.2) is 4.98 Å². The minimum Gasteiger partial charge on any atom is -0.359 e. The van der Waals surface area contributed by atoms with Crippen molar-refractivity contribution in [2.75, 3.05) is 17.2 Å². The van der Waals surface area contributed by atoms with Crippen molar-refractivity contribution < 1.29 is 4.92 Å². The first kappa shape index (κ1) is 14.9. The number of aromatic amines is 1. The highest BCUT2D eigenvalue weighted by Gasteiger charge is 2.21. The molecule has 112 valence electrons. The number of nitro groups is 1. The summed E-state index contributed by atoms with van der Waals surface area (Å²) in [6, 6.07) is 0. The van der Waals surface area contributed by atoms with Crippen molar-refractivity contribution in [3.05, 3.63) is 36.5 Å². The lowest BCUT2D eigenvalue weighted by atomic mass is 10.3. The van der Waals surface area contributed by atoms with Gasteiger partial charge in [0.1, 0.15) is 5.69 Å². The van der Waals surface area contributed by atoms with Gasteiger partial charge in [-0.15, -0.1) is 0 Å². The Balaban J connectivity index is 2.30. The summed E-state index contributed by atoms with van der Waals surface area (Å²) in [5, 5.41) is 18.6. The molecule has 0 saturated carbocycles. The molecule has 0 aliphatic heterocycles. The third kappa shape index (κ3) is 3.54. The predicted octanol–water partition coefficient (Wildman–Crippen LogP) is 1.49. The molecule has 0 fully saturated rings. The van der Waals surface area contributed by atoms with Gasteiger partial charge < -0.3 is 15.6 Å². The lowest BCUT2D eigenvalue weighted by Crippen LogP contribution is -2.11. The van der Waals surface area contributed by atoms with Crippen LogP contribution in [0.5, 0.6) is 0 Å². The van der Waals surface area contributed by atoms with E-state index in [9.17, 15) is 14.9 Å². The van der Waals surface area contributed by atoms with E-state index in [1.165, 1.54) is 0 Å². The molecule has 2 aromatic rings. The van der Waals surface area contributed by atoms with E-state index in [4.69, 9.17) is 0 Å². The van der Waals surface area contributed by atoms with Crippen molar-refractivity contribution in [3.8, 4) is 0 Å². The Kier molecular flexibility index (Phi) is 4.48. The molecule has 0 amide bonds. The van der Waals surface area contributed by atoms with Crippen LogP contribution in [0.4, 0.5) is 17.5 Å². The number of aryl methyl sites for hydroxylation is 1. The Labute approximate surface area is 123 Å². The molecule has 2 rings (SSSR count). The molecule has 10 heteroatoms. The molecule has 21 heavy (non-hydrogen) atoms. The quantitative estimate of drug-likeness (QED) is 0.545. The number of H-pyrrole nitrogens is 1. The summed E-state index contributed by atoms with van der Waals surface area (Å²) in [5.74, 6) is 0.442. The van der Waals surface area contributed by atoms with Crippen LogP contribution in [0.25, 0.3) is 0 Å². The molecular formula is C11H14N6O3S. The average Bonchev–Trinajstić information content (AvgIpc) is 2.81. The third-order valence-corrected chi connectivity index (χ3v) is 3.31. The minimum absolute atomic E-state index is 0.121. The summed E-state index contributed by atoms with van der Waals surface area (Å²) in [4.78, 5) is 32.3. The molecule has 0 aromatic carbocycles. The van der Waals surface area contributed by atoms with Crippen molar-refractivity contribution in [1.82, 2.24) is 15.0 Å². The summed E-state index contributed by atoms with van der Waals surface area (Å²) in [7, 11) is 0. The maximum atomic E-state index is 11.1. The van der Waals surface area contributed by atoms with Crippen molar-refractivity contribution >= 4 is 28.8 Å². The molecule has 0 unspecified atom stereocenters. The van der Waals surface area contributed by atoms with Crippen LogP contribution >= 0.6 is 11.3 Å². The second-order valence-corrected chi connectivity index (χ2v) is 4.99. The topological polar surface area (TPSA) is 126 Å². The van der Waals surface area contributed by atoms with E-state index in [-0.39, 0.29) is 28.6 Å². The molecule has 0 spiro atoms. The molecule has 0 aliphatic rings. The van der Waals surface area contributed by atoms with Crippen molar-refractivity contribution in [2.45, 2.75) is 20.4 Å². The first-order chi connectivity index (χ1) is 10.0. The Morgan fingerprint density at radius 1 is 1.43 bits per heavy atom. The Morgan fingerprint density at radius 2 is 2.19 bits per heavy atom. The molecule has 0 radical (unpaired) electrons. The number of hydrogen-bond acceptors (Lipinski definition) is 8. The monoisotopic (exact) mass is 310 g/mol. The van der Waals surface area contributed by atoms with E-state index in [1.54, 1.807) is 12.3 Å². The van der Waals surface area contributed by atoms with Gasteiger partial charge in [-0.05, 0) is 13.8 Å². The van der Waals surface area contributed by atoms with Crippen LogP contribution in [0.3, 0.4) is 0 Å². The van der Waals surface area contributed by atoms with Gasteiger partial charge in [-0.2, -0.15) is 4.98 Å². The predicted molar refractivity (Wildman–Crippen MR) is 79.9 cm³/mol. The van der Waals surface area contributed by atoms with Crippen molar-refractivity contribution in [3.63, 3.8) is 0 Å². The van der Waals surface area contributed by atoms with Gasteiger partial charge in [-0.1, -0.05) is 11.3 Å². The van der Waals surface area contributed by atoms with Crippen molar-refractivity contribution in [2.24, 2.45) is 0 Å². The maximum absolute atomic E-state index is 11.1. The van der Waals surface area contributed by atoms with Gasteiger partial charge >= 0.3 is 10.6 Å². The molecule has 2 aromatic heterocycles. The van der Waals surface area contributed by atoms with Gasteiger partial charge in [0.15, 0.2) is 0 Å². The number of hydrogen-bond donors (Lipinski definition) is 3. The second kappa shape index (κ2) is 6.31. The number of anilines is 2. The summed E-state index contributed by atoms with van der Waals surface area (Å²) < 4.78 is 0. The fourth-order valence-corrected chi connectivity index (χ4v) is 2.31. The molecular weight excluding hydrogens is 296 g/mol. The maximum Gasteiger partial charge on any atom is 0.332 e.